The van der Waals surface area contributed by atoms with Crippen LogP contribution in [0.4, 0.5) is 0 Å². The molecule has 0 aliphatic carbocycles. The number of hydrogen-bond donors (Lipinski definition) is 3. The van der Waals surface area contributed by atoms with E-state index >= 15 is 0 Å². The fraction of sp³-hybridized carbons (Fsp3) is 0.222. The maximum Gasteiger partial charge on any atom is 0.330 e. The molecule has 0 aromatic carbocycles. The SMILES string of the molecule is O=C(O)C(CO)N(Cl)C(=O)c1cc(O)c[n+]([O-])c1. The van der Waals surface area contributed by atoms with E-state index in [-0.39, 0.29) is 14.7 Å². The Kier molecular flexibility index (Phi) is 4.29. The zero-order chi connectivity index (χ0) is 13.9. The molecule has 9 heteroatoms. The number of carboxylic acids is 1. The van der Waals surface area contributed by atoms with Crippen LogP contribution in [0.15, 0.2) is 18.5 Å². The van der Waals surface area contributed by atoms with E-state index in [0.717, 1.165) is 18.5 Å². The van der Waals surface area contributed by atoms with Crippen molar-refractivity contribution in [2.24, 2.45) is 0 Å². The average Bonchev–Trinajstić information content (AvgIpc) is 2.26. The van der Waals surface area contributed by atoms with E-state index in [9.17, 15) is 14.8 Å². The number of halogens is 1. The number of amides is 1. The van der Waals surface area contributed by atoms with E-state index < -0.39 is 30.3 Å². The highest BCUT2D eigenvalue weighted by Gasteiger charge is 2.30. The minimum atomic E-state index is -1.65. The number of aromatic nitrogens is 1. The molecule has 1 unspecified atom stereocenters. The molecule has 1 atom stereocenters. The monoisotopic (exact) mass is 276 g/mol. The van der Waals surface area contributed by atoms with Crippen LogP contribution in [-0.4, -0.2) is 44.3 Å². The average molecular weight is 277 g/mol. The van der Waals surface area contributed by atoms with Crippen LogP contribution in [0.3, 0.4) is 0 Å². The van der Waals surface area contributed by atoms with Crippen LogP contribution < -0.4 is 4.73 Å². The zero-order valence-corrected chi connectivity index (χ0v) is 9.61. The number of aliphatic hydroxyl groups is 1. The highest BCUT2D eigenvalue weighted by atomic mass is 35.5. The molecular formula is C9H9ClN2O6. The van der Waals surface area contributed by atoms with Gasteiger partial charge < -0.3 is 20.5 Å². The molecule has 0 fully saturated rings. The fourth-order valence-electron chi connectivity index (χ4n) is 1.17. The third-order valence-electron chi connectivity index (χ3n) is 2.00. The first-order valence-corrected chi connectivity index (χ1v) is 4.96. The maximum absolute atomic E-state index is 11.7. The Balaban J connectivity index is 3.02. The number of hydrogen-bond acceptors (Lipinski definition) is 5. The summed E-state index contributed by atoms with van der Waals surface area (Å²) in [5, 5.41) is 37.6. The Morgan fingerprint density at radius 1 is 1.50 bits per heavy atom. The van der Waals surface area contributed by atoms with E-state index in [1.165, 1.54) is 0 Å². The molecule has 0 spiro atoms. The van der Waals surface area contributed by atoms with Gasteiger partial charge in [-0.2, -0.15) is 4.73 Å². The largest absolute Gasteiger partial charge is 0.619 e. The predicted octanol–water partition coefficient (Wildman–Crippen LogP) is -0.933. The van der Waals surface area contributed by atoms with Crippen LogP contribution in [0.25, 0.3) is 0 Å². The first kappa shape index (κ1) is 14.0. The second kappa shape index (κ2) is 5.52. The molecule has 1 rings (SSSR count). The molecule has 0 bridgehead atoms. The second-order valence-electron chi connectivity index (χ2n) is 3.30. The van der Waals surface area contributed by atoms with E-state index in [1.807, 2.05) is 0 Å². The minimum absolute atomic E-state index is 0.169. The van der Waals surface area contributed by atoms with Crippen molar-refractivity contribution in [1.29, 1.82) is 0 Å². The van der Waals surface area contributed by atoms with Gasteiger partial charge in [0.15, 0.2) is 18.0 Å². The Morgan fingerprint density at radius 2 is 2.11 bits per heavy atom. The third kappa shape index (κ3) is 2.99. The molecule has 1 aromatic heterocycles. The molecule has 0 saturated heterocycles. The number of aliphatic carboxylic acids is 1. The molecule has 98 valence electrons. The number of carboxylic acid groups (broad SMARTS) is 1. The summed E-state index contributed by atoms with van der Waals surface area (Å²) in [6.45, 7) is -0.888. The van der Waals surface area contributed by atoms with Gasteiger partial charge in [0.1, 0.15) is 5.56 Å². The molecule has 1 heterocycles. The van der Waals surface area contributed by atoms with E-state index in [0.29, 0.717) is 0 Å². The Hall–Kier alpha value is -2.06. The van der Waals surface area contributed by atoms with Crippen molar-refractivity contribution in [2.75, 3.05) is 6.61 Å². The smallest absolute Gasteiger partial charge is 0.330 e. The summed E-state index contributed by atoms with van der Waals surface area (Å²) >= 11 is 5.48. The van der Waals surface area contributed by atoms with Crippen molar-refractivity contribution in [3.8, 4) is 5.75 Å². The van der Waals surface area contributed by atoms with Crippen molar-refractivity contribution >= 4 is 23.7 Å². The first-order valence-electron chi connectivity index (χ1n) is 4.62. The van der Waals surface area contributed by atoms with Crippen LogP contribution >= 0.6 is 11.8 Å². The number of carbonyl (C=O) groups excluding carboxylic acids is 1. The number of rotatable bonds is 4. The lowest BCUT2D eigenvalue weighted by Gasteiger charge is -2.19. The number of pyridine rings is 1. The molecule has 1 aromatic rings. The summed E-state index contributed by atoms with van der Waals surface area (Å²) < 4.78 is 0.416. The van der Waals surface area contributed by atoms with Crippen LogP contribution in [0.2, 0.25) is 0 Å². The van der Waals surface area contributed by atoms with Gasteiger partial charge in [0.05, 0.1) is 6.61 Å². The van der Waals surface area contributed by atoms with Gasteiger partial charge in [-0.15, -0.1) is 0 Å². The van der Waals surface area contributed by atoms with Crippen LogP contribution in [0.1, 0.15) is 10.4 Å². The molecule has 0 radical (unpaired) electrons. The molecule has 18 heavy (non-hydrogen) atoms. The first-order chi connectivity index (χ1) is 8.36. The molecule has 0 aliphatic heterocycles. The lowest BCUT2D eigenvalue weighted by atomic mass is 10.2. The van der Waals surface area contributed by atoms with Crippen molar-refractivity contribution in [3.63, 3.8) is 0 Å². The lowest BCUT2D eigenvalue weighted by molar-refractivity contribution is -0.606. The number of aromatic hydroxyl groups is 1. The predicted molar refractivity (Wildman–Crippen MR) is 57.6 cm³/mol. The van der Waals surface area contributed by atoms with E-state index in [2.05, 4.69) is 0 Å². The number of carbonyl (C=O) groups is 2. The number of nitrogens with zero attached hydrogens (tertiary/aromatic N) is 2. The summed E-state index contributed by atoms with van der Waals surface area (Å²) in [4.78, 5) is 22.4. The van der Waals surface area contributed by atoms with Gasteiger partial charge in [0, 0.05) is 17.8 Å². The summed E-state index contributed by atoms with van der Waals surface area (Å²) in [5.41, 5.74) is -0.306. The van der Waals surface area contributed by atoms with Crippen molar-refractivity contribution in [2.45, 2.75) is 6.04 Å². The zero-order valence-electron chi connectivity index (χ0n) is 8.86. The van der Waals surface area contributed by atoms with Gasteiger partial charge in [-0.1, -0.05) is 0 Å². The van der Waals surface area contributed by atoms with Gasteiger partial charge in [0.2, 0.25) is 6.20 Å². The van der Waals surface area contributed by atoms with Crippen molar-refractivity contribution in [1.82, 2.24) is 4.42 Å². The summed E-state index contributed by atoms with van der Waals surface area (Å²) in [5.74, 6) is -3.01. The fourth-order valence-corrected chi connectivity index (χ4v) is 1.41. The normalized spacial score (nSPS) is 11.9. The van der Waals surface area contributed by atoms with Crippen LogP contribution in [0.5, 0.6) is 5.75 Å². The highest BCUT2D eigenvalue weighted by Crippen LogP contribution is 2.14. The van der Waals surface area contributed by atoms with Crippen molar-refractivity contribution in [3.05, 3.63) is 29.2 Å². The van der Waals surface area contributed by atoms with Gasteiger partial charge in [-0.05, 0) is 0 Å². The Bertz CT molecular complexity index is 460. The molecule has 1 amide bonds. The van der Waals surface area contributed by atoms with Crippen LogP contribution in [-0.2, 0) is 4.79 Å². The van der Waals surface area contributed by atoms with Crippen LogP contribution in [0, 0.1) is 5.21 Å². The van der Waals surface area contributed by atoms with E-state index in [4.69, 9.17) is 27.1 Å². The van der Waals surface area contributed by atoms with Gasteiger partial charge in [-0.3, -0.25) is 4.79 Å². The third-order valence-corrected chi connectivity index (χ3v) is 2.39. The van der Waals surface area contributed by atoms with Gasteiger partial charge in [-0.25, -0.2) is 9.21 Å². The summed E-state index contributed by atoms with van der Waals surface area (Å²) in [6, 6.07) is -0.704. The quantitative estimate of drug-likeness (QED) is 0.370. The Labute approximate surface area is 106 Å². The minimum Gasteiger partial charge on any atom is -0.619 e. The van der Waals surface area contributed by atoms with Crippen molar-refractivity contribution < 1.29 is 29.6 Å². The second-order valence-corrected chi connectivity index (χ2v) is 3.66. The molecular weight excluding hydrogens is 268 g/mol. The van der Waals surface area contributed by atoms with E-state index in [1.54, 1.807) is 0 Å². The lowest BCUT2D eigenvalue weighted by Crippen LogP contribution is -2.42. The summed E-state index contributed by atoms with van der Waals surface area (Å²) in [7, 11) is 0. The summed E-state index contributed by atoms with van der Waals surface area (Å²) in [6.07, 6.45) is 1.61. The maximum atomic E-state index is 11.7. The number of aliphatic hydroxyl groups excluding tert-OH is 1. The van der Waals surface area contributed by atoms with Gasteiger partial charge in [0.25, 0.3) is 5.91 Å². The standard InChI is InChI=1S/C9H9ClN2O6/c10-12(7(4-13)9(16)17)8(15)5-1-6(14)3-11(18)2-5/h1-3,7,13-14H,4H2,(H,16,17). The Morgan fingerprint density at radius 3 is 2.56 bits per heavy atom. The molecule has 3 N–H and O–H groups in total. The van der Waals surface area contributed by atoms with Gasteiger partial charge >= 0.3 is 5.97 Å². The highest BCUT2D eigenvalue weighted by molar-refractivity contribution is 6.25. The molecule has 8 nitrogen and oxygen atoms in total. The molecule has 0 saturated carbocycles. The molecule has 0 aliphatic rings. The topological polar surface area (TPSA) is 125 Å².